The summed E-state index contributed by atoms with van der Waals surface area (Å²) in [6.07, 6.45) is -13.4. The topological polar surface area (TPSA) is 269 Å². The number of amides is 1. The molecule has 0 radical (unpaired) electrons. The highest BCUT2D eigenvalue weighted by Gasteiger charge is 2.46. The fraction of sp³-hybridized carbons (Fsp3) is 0.786. The number of aliphatic hydroxyl groups excluding tert-OH is 6. The molecule has 1 aromatic heterocycles. The highest BCUT2D eigenvalue weighted by Crippen LogP contribution is 2.45. The number of aromatic nitrogens is 3. The molecule has 2 fully saturated rings. The van der Waals surface area contributed by atoms with Gasteiger partial charge in [0.2, 0.25) is 5.82 Å². The summed E-state index contributed by atoms with van der Waals surface area (Å²) in [5.74, 6) is -1.30. The van der Waals surface area contributed by atoms with E-state index in [1.807, 2.05) is 0 Å². The van der Waals surface area contributed by atoms with Gasteiger partial charge in [-0.15, -0.1) is 5.10 Å². The lowest BCUT2D eigenvalue weighted by molar-refractivity contribution is -0.285. The molecule has 0 bridgehead atoms. The van der Waals surface area contributed by atoms with Crippen molar-refractivity contribution in [3.05, 3.63) is 12.2 Å². The molecule has 10 atom stereocenters. The number of aliphatic hydroxyl groups is 6. The minimum absolute atomic E-state index is 0.363. The number of nitrogens with two attached hydrogens (primary N) is 1. The molecular weight excluding hydrogens is 463 g/mol. The van der Waals surface area contributed by atoms with Gasteiger partial charge in [0.05, 0.1) is 13.2 Å². The third-order valence-electron chi connectivity index (χ3n) is 4.82. The normalized spacial score (nSPS) is 39.7. The first-order chi connectivity index (χ1) is 14.9. The van der Waals surface area contributed by atoms with Crippen LogP contribution >= 0.6 is 7.82 Å². The zero-order chi connectivity index (χ0) is 23.8. The summed E-state index contributed by atoms with van der Waals surface area (Å²) in [6, 6.07) is 0. The Hall–Kier alpha value is -1.60. The van der Waals surface area contributed by atoms with Crippen LogP contribution in [0.2, 0.25) is 0 Å². The molecule has 2 saturated heterocycles. The minimum atomic E-state index is -4.83. The predicted octanol–water partition coefficient (Wildman–Crippen LogP) is -5.07. The van der Waals surface area contributed by atoms with Crippen molar-refractivity contribution in [2.75, 3.05) is 13.2 Å². The molecule has 0 saturated carbocycles. The monoisotopic (exact) mass is 486 g/mol. The number of carbonyl (C=O) groups excluding carboxylic acids is 1. The van der Waals surface area contributed by atoms with Crippen molar-refractivity contribution >= 4 is 13.7 Å². The molecule has 1 amide bonds. The summed E-state index contributed by atoms with van der Waals surface area (Å²) in [5.41, 5.74) is 5.04. The number of hydrogen-bond acceptors (Lipinski definition) is 14. The van der Waals surface area contributed by atoms with E-state index in [1.54, 1.807) is 0 Å². The van der Waals surface area contributed by atoms with E-state index in [2.05, 4.69) is 14.6 Å². The lowest BCUT2D eigenvalue weighted by Crippen LogP contribution is -2.58. The molecule has 0 aliphatic carbocycles. The smallest absolute Gasteiger partial charge is 0.387 e. The number of phosphoric acid groups is 1. The van der Waals surface area contributed by atoms with E-state index in [-0.39, 0.29) is 5.82 Å². The summed E-state index contributed by atoms with van der Waals surface area (Å²) in [7, 11) is -4.83. The Labute approximate surface area is 179 Å². The maximum absolute atomic E-state index is 12.1. The summed E-state index contributed by atoms with van der Waals surface area (Å²) in [6.45, 7) is -1.55. The van der Waals surface area contributed by atoms with Gasteiger partial charge >= 0.3 is 7.82 Å². The Morgan fingerprint density at radius 3 is 2.12 bits per heavy atom. The third kappa shape index (κ3) is 5.30. The Morgan fingerprint density at radius 1 is 1.00 bits per heavy atom. The Morgan fingerprint density at radius 2 is 1.56 bits per heavy atom. The maximum Gasteiger partial charge on any atom is 0.472 e. The second-order valence-corrected chi connectivity index (χ2v) is 8.51. The van der Waals surface area contributed by atoms with Crippen LogP contribution in [-0.4, -0.2) is 118 Å². The van der Waals surface area contributed by atoms with Crippen LogP contribution in [0.25, 0.3) is 0 Å². The van der Waals surface area contributed by atoms with Gasteiger partial charge in [0, 0.05) is 0 Å². The van der Waals surface area contributed by atoms with Gasteiger partial charge < -0.3 is 50.7 Å². The first-order valence-corrected chi connectivity index (χ1v) is 10.6. The summed E-state index contributed by atoms with van der Waals surface area (Å²) < 4.78 is 32.5. The Bertz CT molecular complexity index is 856. The van der Waals surface area contributed by atoms with Gasteiger partial charge in [-0.05, 0) is 0 Å². The number of primary amides is 1. The molecule has 1 aromatic rings. The average Bonchev–Trinajstić information content (AvgIpc) is 3.33. The van der Waals surface area contributed by atoms with E-state index < -0.39 is 82.2 Å². The van der Waals surface area contributed by atoms with Crippen LogP contribution in [0.5, 0.6) is 0 Å². The van der Waals surface area contributed by atoms with Crippen LogP contribution < -0.4 is 5.73 Å². The maximum atomic E-state index is 12.1. The first-order valence-electron chi connectivity index (χ1n) is 9.13. The van der Waals surface area contributed by atoms with Gasteiger partial charge in [-0.1, -0.05) is 0 Å². The standard InChI is InChI=1S/C14H23N4O13P/c15-11(24)12-16-3-18(17-12)13-9(22)7(20)4(30-13)1-28-32(26,27)29-2-5-6(19)8(21)10(23)14(25)31-5/h3-10,13-14,19-23,25H,1-2H2,(H2,15,24)(H,26,27)/t4-,5-,6-,7-,8+,9-,10-,13-,14+/m1/s1. The van der Waals surface area contributed by atoms with Crippen molar-refractivity contribution in [3.8, 4) is 0 Å². The lowest BCUT2D eigenvalue weighted by atomic mass is 10.00. The van der Waals surface area contributed by atoms with E-state index in [4.69, 9.17) is 19.7 Å². The summed E-state index contributed by atoms with van der Waals surface area (Å²) in [5, 5.41) is 62.2. The van der Waals surface area contributed by atoms with Crippen LogP contribution in [-0.2, 0) is 23.1 Å². The molecule has 1 unspecified atom stereocenters. The highest BCUT2D eigenvalue weighted by atomic mass is 31.2. The molecular formula is C14H23N4O13P. The largest absolute Gasteiger partial charge is 0.472 e. The molecule has 0 spiro atoms. The van der Waals surface area contributed by atoms with Crippen molar-refractivity contribution in [1.82, 2.24) is 14.8 Å². The molecule has 2 aliphatic rings. The molecule has 3 rings (SSSR count). The number of ether oxygens (including phenoxy) is 2. The number of nitrogens with zero attached hydrogens (tertiary/aromatic N) is 3. The molecule has 9 N–H and O–H groups in total. The first kappa shape index (κ1) is 25.0. The molecule has 18 heteroatoms. The molecule has 17 nitrogen and oxygen atoms in total. The zero-order valence-corrected chi connectivity index (χ0v) is 17.0. The van der Waals surface area contributed by atoms with Gasteiger partial charge in [0.25, 0.3) is 5.91 Å². The van der Waals surface area contributed by atoms with Crippen LogP contribution in [0.4, 0.5) is 0 Å². The van der Waals surface area contributed by atoms with E-state index in [1.165, 1.54) is 0 Å². The number of hydrogen-bond donors (Lipinski definition) is 8. The van der Waals surface area contributed by atoms with Gasteiger partial charge in [-0.2, -0.15) is 0 Å². The van der Waals surface area contributed by atoms with Gasteiger partial charge in [0.1, 0.15) is 49.1 Å². The van der Waals surface area contributed by atoms with Crippen LogP contribution in [0.15, 0.2) is 6.33 Å². The second-order valence-electron chi connectivity index (χ2n) is 7.06. The molecule has 32 heavy (non-hydrogen) atoms. The number of rotatable bonds is 8. The second kappa shape index (κ2) is 9.72. The predicted molar refractivity (Wildman–Crippen MR) is 95.1 cm³/mol. The van der Waals surface area contributed by atoms with Crippen molar-refractivity contribution in [2.45, 2.75) is 55.2 Å². The Kier molecular flexibility index (Phi) is 7.60. The van der Waals surface area contributed by atoms with Crippen LogP contribution in [0, 0.1) is 0 Å². The van der Waals surface area contributed by atoms with E-state index in [0.717, 1.165) is 11.0 Å². The van der Waals surface area contributed by atoms with Crippen molar-refractivity contribution in [2.24, 2.45) is 5.73 Å². The minimum Gasteiger partial charge on any atom is -0.387 e. The van der Waals surface area contributed by atoms with Gasteiger partial charge in [0.15, 0.2) is 12.5 Å². The molecule has 182 valence electrons. The van der Waals surface area contributed by atoms with E-state index >= 15 is 0 Å². The Balaban J connectivity index is 1.53. The van der Waals surface area contributed by atoms with Crippen molar-refractivity contribution < 1.29 is 63.4 Å². The summed E-state index contributed by atoms with van der Waals surface area (Å²) >= 11 is 0. The molecule has 2 aliphatic heterocycles. The van der Waals surface area contributed by atoms with E-state index in [0.29, 0.717) is 0 Å². The van der Waals surface area contributed by atoms with Crippen molar-refractivity contribution in [1.29, 1.82) is 0 Å². The summed E-state index contributed by atoms with van der Waals surface area (Å²) in [4.78, 5) is 24.5. The van der Waals surface area contributed by atoms with Gasteiger partial charge in [-0.25, -0.2) is 14.2 Å². The SMILES string of the molecule is NC(=O)c1ncn([C@@H]2O[C@H](COP(=O)(O)OC[C@H]3O[C@H](O)[C@H](O)[C@@H](O)[C@@H]3O)[C@@H](O)[C@H]2O)n1. The number of phosphoric ester groups is 1. The fourth-order valence-electron chi connectivity index (χ4n) is 3.04. The van der Waals surface area contributed by atoms with Crippen molar-refractivity contribution in [3.63, 3.8) is 0 Å². The molecule has 0 aromatic carbocycles. The van der Waals surface area contributed by atoms with E-state index in [9.17, 15) is 44.9 Å². The average molecular weight is 486 g/mol. The van der Waals surface area contributed by atoms with Gasteiger partial charge in [-0.3, -0.25) is 13.8 Å². The quantitative estimate of drug-likeness (QED) is 0.160. The number of carbonyl (C=O) groups is 1. The lowest BCUT2D eigenvalue weighted by Gasteiger charge is -2.38. The third-order valence-corrected chi connectivity index (χ3v) is 5.77. The fourth-order valence-corrected chi connectivity index (χ4v) is 3.78. The zero-order valence-electron chi connectivity index (χ0n) is 16.1. The molecule has 3 heterocycles. The van der Waals surface area contributed by atoms with Crippen LogP contribution in [0.1, 0.15) is 16.8 Å². The van der Waals surface area contributed by atoms with Crippen LogP contribution in [0.3, 0.4) is 0 Å². The highest BCUT2D eigenvalue weighted by molar-refractivity contribution is 7.47.